The minimum absolute atomic E-state index is 0. The summed E-state index contributed by atoms with van der Waals surface area (Å²) in [6.07, 6.45) is 1.03. The molecule has 0 saturated heterocycles. The molecule has 1 aromatic rings. The molecule has 0 bridgehead atoms. The minimum Gasteiger partial charge on any atom is -0.369 e. The van der Waals surface area contributed by atoms with Gasteiger partial charge >= 0.3 is 0 Å². The fraction of sp³-hybridized carbons (Fsp3) is 0.273. The van der Waals surface area contributed by atoms with E-state index in [9.17, 15) is 0 Å². The average Bonchev–Trinajstić information content (AvgIpc) is 2.26. The van der Waals surface area contributed by atoms with Crippen molar-refractivity contribution in [2.45, 2.75) is 20.3 Å². The van der Waals surface area contributed by atoms with Crippen LogP contribution in [0.25, 0.3) is 0 Å². The van der Waals surface area contributed by atoms with E-state index < -0.39 is 0 Å². The third kappa shape index (κ3) is 4.31. The Labute approximate surface area is 102 Å². The Bertz CT molecular complexity index is 370. The second-order valence-corrected chi connectivity index (χ2v) is 3.27. The zero-order valence-electron chi connectivity index (χ0n) is 9.45. The summed E-state index contributed by atoms with van der Waals surface area (Å²) in [5.74, 6) is -0.153. The van der Waals surface area contributed by atoms with E-state index in [1.165, 1.54) is 5.56 Å². The standard InChI is InChI=1S/C11H16N4.ClH/c1-3-9-4-6-10(7-5-9)8(2)14-15-11(12)13;/h4-7H,3H2,1-2H3,(H4,12,13,15);1H/b14-8+;. The van der Waals surface area contributed by atoms with Gasteiger partial charge in [0.05, 0.1) is 5.71 Å². The van der Waals surface area contributed by atoms with Crippen LogP contribution in [0.2, 0.25) is 0 Å². The van der Waals surface area contributed by atoms with Crippen molar-refractivity contribution in [3.63, 3.8) is 0 Å². The maximum Gasteiger partial charge on any atom is 0.206 e. The molecule has 4 N–H and O–H groups in total. The maximum absolute atomic E-state index is 6.97. The smallest absolute Gasteiger partial charge is 0.206 e. The molecule has 0 aliphatic heterocycles. The number of hydrogen-bond acceptors (Lipinski definition) is 2. The van der Waals surface area contributed by atoms with E-state index in [-0.39, 0.29) is 18.4 Å². The number of halogens is 1. The Morgan fingerprint density at radius 3 is 2.38 bits per heavy atom. The van der Waals surface area contributed by atoms with Gasteiger partial charge in [-0.1, -0.05) is 31.2 Å². The first-order chi connectivity index (χ1) is 7.13. The van der Waals surface area contributed by atoms with E-state index >= 15 is 0 Å². The average molecular weight is 241 g/mol. The molecule has 1 rings (SSSR count). The van der Waals surface area contributed by atoms with Crippen molar-refractivity contribution in [3.8, 4) is 0 Å². The van der Waals surface area contributed by atoms with E-state index in [1.807, 2.05) is 19.1 Å². The molecule has 16 heavy (non-hydrogen) atoms. The van der Waals surface area contributed by atoms with Crippen LogP contribution in [0.3, 0.4) is 0 Å². The summed E-state index contributed by atoms with van der Waals surface area (Å²) in [5.41, 5.74) is 10.7. The highest BCUT2D eigenvalue weighted by Gasteiger charge is 1.97. The second kappa shape index (κ2) is 6.85. The van der Waals surface area contributed by atoms with E-state index in [2.05, 4.69) is 29.6 Å². The molecule has 0 heterocycles. The lowest BCUT2D eigenvalue weighted by molar-refractivity contribution is 0.991. The number of hydrazone groups is 1. The molecule has 0 saturated carbocycles. The van der Waals surface area contributed by atoms with Gasteiger partial charge < -0.3 is 5.73 Å². The van der Waals surface area contributed by atoms with Gasteiger partial charge in [-0.3, -0.25) is 5.41 Å². The van der Waals surface area contributed by atoms with Crippen LogP contribution < -0.4 is 11.2 Å². The molecular formula is C11H17ClN4. The number of rotatable bonds is 3. The molecule has 0 spiro atoms. The topological polar surface area (TPSA) is 74.3 Å². The van der Waals surface area contributed by atoms with Gasteiger partial charge in [0.15, 0.2) is 0 Å². The van der Waals surface area contributed by atoms with Gasteiger partial charge in [-0.05, 0) is 24.5 Å². The summed E-state index contributed by atoms with van der Waals surface area (Å²) in [6.45, 7) is 3.99. The van der Waals surface area contributed by atoms with Crippen LogP contribution >= 0.6 is 12.4 Å². The van der Waals surface area contributed by atoms with Crippen molar-refractivity contribution < 1.29 is 0 Å². The summed E-state index contributed by atoms with van der Waals surface area (Å²) in [6, 6.07) is 8.17. The van der Waals surface area contributed by atoms with Gasteiger partial charge in [0.25, 0.3) is 0 Å². The number of aryl methyl sites for hydroxylation is 1. The molecule has 4 nitrogen and oxygen atoms in total. The molecule has 1 aromatic carbocycles. The van der Waals surface area contributed by atoms with Gasteiger partial charge in [-0.2, -0.15) is 5.10 Å². The first-order valence-electron chi connectivity index (χ1n) is 4.87. The molecule has 0 fully saturated rings. The van der Waals surface area contributed by atoms with Crippen LogP contribution in [-0.4, -0.2) is 11.7 Å². The van der Waals surface area contributed by atoms with Gasteiger partial charge in [0.1, 0.15) is 0 Å². The summed E-state index contributed by atoms with van der Waals surface area (Å²) in [7, 11) is 0. The normalized spacial score (nSPS) is 10.5. The van der Waals surface area contributed by atoms with Crippen LogP contribution in [0, 0.1) is 5.41 Å². The Morgan fingerprint density at radius 1 is 1.38 bits per heavy atom. The fourth-order valence-electron chi connectivity index (χ4n) is 1.19. The van der Waals surface area contributed by atoms with Crippen LogP contribution in [0.15, 0.2) is 29.4 Å². The number of benzene rings is 1. The van der Waals surface area contributed by atoms with Crippen LogP contribution in [-0.2, 0) is 6.42 Å². The van der Waals surface area contributed by atoms with Crippen LogP contribution in [0.5, 0.6) is 0 Å². The monoisotopic (exact) mass is 240 g/mol. The Balaban J connectivity index is 0.00000225. The van der Waals surface area contributed by atoms with Crippen LogP contribution in [0.1, 0.15) is 25.0 Å². The number of hydrogen-bond donors (Lipinski definition) is 3. The largest absolute Gasteiger partial charge is 0.369 e. The predicted octanol–water partition coefficient (Wildman–Crippen LogP) is 1.88. The van der Waals surface area contributed by atoms with Crippen molar-refractivity contribution in [3.05, 3.63) is 35.4 Å². The SMILES string of the molecule is CCc1ccc(/C(C)=N/NC(=N)N)cc1.Cl. The van der Waals surface area contributed by atoms with E-state index in [0.717, 1.165) is 17.7 Å². The number of nitrogens with one attached hydrogen (secondary N) is 2. The third-order valence-corrected chi connectivity index (χ3v) is 2.12. The first-order valence-corrected chi connectivity index (χ1v) is 4.87. The molecule has 0 aliphatic rings. The number of nitrogens with two attached hydrogens (primary N) is 1. The van der Waals surface area contributed by atoms with Crippen molar-refractivity contribution >= 4 is 24.1 Å². The van der Waals surface area contributed by atoms with Gasteiger partial charge in [0, 0.05) is 0 Å². The van der Waals surface area contributed by atoms with E-state index in [1.54, 1.807) is 0 Å². The molecule has 5 heteroatoms. The number of guanidine groups is 1. The van der Waals surface area contributed by atoms with Gasteiger partial charge in [-0.25, -0.2) is 5.43 Å². The zero-order chi connectivity index (χ0) is 11.3. The summed E-state index contributed by atoms with van der Waals surface area (Å²) < 4.78 is 0. The lowest BCUT2D eigenvalue weighted by Crippen LogP contribution is -2.26. The number of nitrogens with zero attached hydrogens (tertiary/aromatic N) is 1. The minimum atomic E-state index is -0.153. The van der Waals surface area contributed by atoms with Crippen LogP contribution in [0.4, 0.5) is 0 Å². The Kier molecular flexibility index (Phi) is 6.18. The van der Waals surface area contributed by atoms with Crippen molar-refractivity contribution in [2.75, 3.05) is 0 Å². The fourth-order valence-corrected chi connectivity index (χ4v) is 1.19. The lowest BCUT2D eigenvalue weighted by Gasteiger charge is -2.03. The first kappa shape index (κ1) is 14.5. The highest BCUT2D eigenvalue weighted by molar-refractivity contribution is 5.99. The quantitative estimate of drug-likeness (QED) is 0.429. The molecule has 0 atom stereocenters. The highest BCUT2D eigenvalue weighted by atomic mass is 35.5. The Morgan fingerprint density at radius 2 is 1.94 bits per heavy atom. The van der Waals surface area contributed by atoms with Gasteiger partial charge in [0.2, 0.25) is 5.96 Å². The van der Waals surface area contributed by atoms with Gasteiger partial charge in [-0.15, -0.1) is 12.4 Å². The molecule has 88 valence electrons. The molecule has 0 unspecified atom stereocenters. The maximum atomic E-state index is 6.97. The van der Waals surface area contributed by atoms with E-state index in [4.69, 9.17) is 11.1 Å². The summed E-state index contributed by atoms with van der Waals surface area (Å²) in [5, 5.41) is 10.9. The Hall–Kier alpha value is -1.55. The summed E-state index contributed by atoms with van der Waals surface area (Å²) >= 11 is 0. The van der Waals surface area contributed by atoms with Crippen molar-refractivity contribution in [1.29, 1.82) is 5.41 Å². The highest BCUT2D eigenvalue weighted by Crippen LogP contribution is 2.05. The predicted molar refractivity (Wildman–Crippen MR) is 70.3 cm³/mol. The lowest BCUT2D eigenvalue weighted by atomic mass is 10.1. The third-order valence-electron chi connectivity index (χ3n) is 2.12. The summed E-state index contributed by atoms with van der Waals surface area (Å²) in [4.78, 5) is 0. The molecule has 0 aromatic heterocycles. The molecular weight excluding hydrogens is 224 g/mol. The second-order valence-electron chi connectivity index (χ2n) is 3.27. The van der Waals surface area contributed by atoms with Crippen molar-refractivity contribution in [1.82, 2.24) is 5.43 Å². The molecule has 0 amide bonds. The zero-order valence-corrected chi connectivity index (χ0v) is 10.3. The van der Waals surface area contributed by atoms with E-state index in [0.29, 0.717) is 0 Å². The van der Waals surface area contributed by atoms with Crippen molar-refractivity contribution in [2.24, 2.45) is 10.8 Å². The molecule has 0 radical (unpaired) electrons. The molecule has 0 aliphatic carbocycles.